The zero-order valence-electron chi connectivity index (χ0n) is 10.5. The Hall–Kier alpha value is -2.67. The van der Waals surface area contributed by atoms with Crippen molar-refractivity contribution in [2.24, 2.45) is 0 Å². The zero-order valence-corrected chi connectivity index (χ0v) is 11.2. The maximum atomic E-state index is 13.3. The van der Waals surface area contributed by atoms with Crippen molar-refractivity contribution >= 4 is 34.6 Å². The van der Waals surface area contributed by atoms with Gasteiger partial charge in [0.25, 0.3) is 11.6 Å². The summed E-state index contributed by atoms with van der Waals surface area (Å²) in [5, 5.41) is 13.8. The van der Waals surface area contributed by atoms with Crippen LogP contribution in [0.4, 0.5) is 21.5 Å². The summed E-state index contributed by atoms with van der Waals surface area (Å²) in [4.78, 5) is 22.1. The minimum absolute atomic E-state index is 0.325. The van der Waals surface area contributed by atoms with Gasteiger partial charge in [-0.25, -0.2) is 4.39 Å². The Kier molecular flexibility index (Phi) is 4.04. The van der Waals surface area contributed by atoms with Crippen LogP contribution >= 0.6 is 11.6 Å². The van der Waals surface area contributed by atoms with Gasteiger partial charge in [0.1, 0.15) is 5.56 Å². The molecule has 0 aromatic heterocycles. The van der Waals surface area contributed by atoms with E-state index in [1.165, 1.54) is 12.1 Å². The quantitative estimate of drug-likeness (QED) is 0.516. The van der Waals surface area contributed by atoms with Crippen LogP contribution in [0.3, 0.4) is 0 Å². The van der Waals surface area contributed by atoms with Crippen molar-refractivity contribution in [3.05, 3.63) is 62.9 Å². The second kappa shape index (κ2) is 5.76. The van der Waals surface area contributed by atoms with Crippen molar-refractivity contribution < 1.29 is 14.1 Å². The lowest BCUT2D eigenvalue weighted by atomic mass is 10.1. The number of nitrogens with zero attached hydrogens (tertiary/aromatic N) is 1. The van der Waals surface area contributed by atoms with Crippen LogP contribution in [0, 0.1) is 15.9 Å². The van der Waals surface area contributed by atoms with E-state index < -0.39 is 22.3 Å². The van der Waals surface area contributed by atoms with Gasteiger partial charge in [-0.1, -0.05) is 11.6 Å². The molecule has 0 unspecified atom stereocenters. The summed E-state index contributed by atoms with van der Waals surface area (Å²) in [5.74, 6) is -1.72. The number of nitrogens with two attached hydrogens (primary N) is 1. The smallest absolute Gasteiger partial charge is 0.285 e. The molecule has 3 N–H and O–H groups in total. The van der Waals surface area contributed by atoms with Crippen molar-refractivity contribution in [3.8, 4) is 0 Å². The number of rotatable bonds is 3. The van der Waals surface area contributed by atoms with Crippen LogP contribution in [0.5, 0.6) is 0 Å². The summed E-state index contributed by atoms with van der Waals surface area (Å²) in [6, 6.07) is 7.69. The first-order valence-electron chi connectivity index (χ1n) is 5.69. The van der Waals surface area contributed by atoms with Crippen LogP contribution in [-0.4, -0.2) is 10.8 Å². The number of nitro groups is 1. The van der Waals surface area contributed by atoms with Gasteiger partial charge >= 0.3 is 0 Å². The molecule has 0 fully saturated rings. The molecule has 0 aliphatic heterocycles. The van der Waals surface area contributed by atoms with Crippen LogP contribution in [0.25, 0.3) is 0 Å². The van der Waals surface area contributed by atoms with Crippen LogP contribution in [0.15, 0.2) is 36.4 Å². The van der Waals surface area contributed by atoms with E-state index in [2.05, 4.69) is 5.32 Å². The number of carbonyl (C=O) groups is 1. The Bertz CT molecular complexity index is 719. The maximum Gasteiger partial charge on any atom is 0.285 e. The predicted molar refractivity (Wildman–Crippen MR) is 76.9 cm³/mol. The van der Waals surface area contributed by atoms with Crippen molar-refractivity contribution in [3.63, 3.8) is 0 Å². The molecule has 2 aromatic carbocycles. The third-order valence-electron chi connectivity index (χ3n) is 2.66. The van der Waals surface area contributed by atoms with Gasteiger partial charge in [-0.3, -0.25) is 14.9 Å². The van der Waals surface area contributed by atoms with Crippen LogP contribution in [-0.2, 0) is 0 Å². The first kappa shape index (κ1) is 14.7. The van der Waals surface area contributed by atoms with E-state index in [1.807, 2.05) is 0 Å². The zero-order chi connectivity index (χ0) is 15.6. The molecule has 2 aromatic rings. The number of anilines is 2. The summed E-state index contributed by atoms with van der Waals surface area (Å²) in [5.41, 5.74) is 4.41. The molecule has 8 heteroatoms. The standard InChI is InChI=1S/C13H9ClFN3O3/c14-7-1-3-8(4-2-7)17-13(19)9-5-11(16)10(15)6-12(9)18(20)21/h1-6H,16H2,(H,17,19). The van der Waals surface area contributed by atoms with Gasteiger partial charge in [-0.15, -0.1) is 0 Å². The summed E-state index contributed by atoms with van der Waals surface area (Å²) in [6.45, 7) is 0. The molecule has 6 nitrogen and oxygen atoms in total. The highest BCUT2D eigenvalue weighted by atomic mass is 35.5. The van der Waals surface area contributed by atoms with E-state index in [1.54, 1.807) is 12.1 Å². The molecule has 0 saturated heterocycles. The van der Waals surface area contributed by atoms with Crippen LogP contribution < -0.4 is 11.1 Å². The van der Waals surface area contributed by atoms with Crippen molar-refractivity contribution in [2.75, 3.05) is 11.1 Å². The van der Waals surface area contributed by atoms with E-state index in [0.29, 0.717) is 16.8 Å². The number of nitro benzene ring substituents is 1. The van der Waals surface area contributed by atoms with E-state index in [4.69, 9.17) is 17.3 Å². The molecule has 0 spiro atoms. The Labute approximate surface area is 123 Å². The molecule has 1 amide bonds. The number of hydrogen-bond donors (Lipinski definition) is 2. The first-order valence-corrected chi connectivity index (χ1v) is 6.06. The second-order valence-corrected chi connectivity index (χ2v) is 4.55. The van der Waals surface area contributed by atoms with Crippen molar-refractivity contribution in [1.29, 1.82) is 0 Å². The van der Waals surface area contributed by atoms with Gasteiger partial charge in [0.05, 0.1) is 16.7 Å². The Balaban J connectivity index is 2.36. The molecule has 0 aliphatic rings. The lowest BCUT2D eigenvalue weighted by molar-refractivity contribution is -0.385. The molecular formula is C13H9ClFN3O3. The largest absolute Gasteiger partial charge is 0.396 e. The molecule has 0 saturated carbocycles. The fourth-order valence-corrected chi connectivity index (χ4v) is 1.77. The summed E-state index contributed by atoms with van der Waals surface area (Å²) in [7, 11) is 0. The molecule has 0 heterocycles. The first-order chi connectivity index (χ1) is 9.88. The number of halogens is 2. The van der Waals surface area contributed by atoms with Crippen LogP contribution in [0.1, 0.15) is 10.4 Å². The summed E-state index contributed by atoms with van der Waals surface area (Å²) in [6.07, 6.45) is 0. The highest BCUT2D eigenvalue weighted by molar-refractivity contribution is 6.30. The molecule has 0 bridgehead atoms. The van der Waals surface area contributed by atoms with Gasteiger partial charge in [-0.05, 0) is 30.3 Å². The molecule has 21 heavy (non-hydrogen) atoms. The van der Waals surface area contributed by atoms with E-state index >= 15 is 0 Å². The highest BCUT2D eigenvalue weighted by Crippen LogP contribution is 2.25. The number of amides is 1. The number of hydrogen-bond acceptors (Lipinski definition) is 4. The molecule has 0 radical (unpaired) electrons. The average molecular weight is 310 g/mol. The van der Waals surface area contributed by atoms with Crippen LogP contribution in [0.2, 0.25) is 5.02 Å². The third-order valence-corrected chi connectivity index (χ3v) is 2.91. The van der Waals surface area contributed by atoms with E-state index in [9.17, 15) is 19.3 Å². The number of nitrogens with one attached hydrogen (secondary N) is 1. The lowest BCUT2D eigenvalue weighted by Crippen LogP contribution is -2.15. The topological polar surface area (TPSA) is 98.3 Å². The van der Waals surface area contributed by atoms with Crippen molar-refractivity contribution in [2.45, 2.75) is 0 Å². The van der Waals surface area contributed by atoms with E-state index in [0.717, 1.165) is 6.07 Å². The Morgan fingerprint density at radius 2 is 1.90 bits per heavy atom. The van der Waals surface area contributed by atoms with Gasteiger partial charge in [0, 0.05) is 10.7 Å². The second-order valence-electron chi connectivity index (χ2n) is 4.11. The highest BCUT2D eigenvalue weighted by Gasteiger charge is 2.23. The average Bonchev–Trinajstić information content (AvgIpc) is 2.43. The van der Waals surface area contributed by atoms with Gasteiger partial charge in [0.2, 0.25) is 0 Å². The number of nitrogen functional groups attached to an aromatic ring is 1. The monoisotopic (exact) mass is 309 g/mol. The SMILES string of the molecule is Nc1cc(C(=O)Nc2ccc(Cl)cc2)c([N+](=O)[O-])cc1F. The van der Waals surface area contributed by atoms with Crippen molar-refractivity contribution in [1.82, 2.24) is 0 Å². The van der Waals surface area contributed by atoms with Gasteiger partial charge in [-0.2, -0.15) is 0 Å². The van der Waals surface area contributed by atoms with E-state index in [-0.39, 0.29) is 11.3 Å². The Morgan fingerprint density at radius 3 is 2.48 bits per heavy atom. The third kappa shape index (κ3) is 3.26. The molecule has 2 rings (SSSR count). The Morgan fingerprint density at radius 1 is 1.29 bits per heavy atom. The maximum absolute atomic E-state index is 13.3. The fourth-order valence-electron chi connectivity index (χ4n) is 1.64. The van der Waals surface area contributed by atoms with Gasteiger partial charge < -0.3 is 11.1 Å². The number of benzene rings is 2. The minimum Gasteiger partial charge on any atom is -0.396 e. The summed E-state index contributed by atoms with van der Waals surface area (Å²) < 4.78 is 13.3. The fraction of sp³-hybridized carbons (Fsp3) is 0. The predicted octanol–water partition coefficient (Wildman–Crippen LogP) is 3.22. The lowest BCUT2D eigenvalue weighted by Gasteiger charge is -2.07. The molecule has 0 atom stereocenters. The minimum atomic E-state index is -0.954. The van der Waals surface area contributed by atoms with Gasteiger partial charge in [0.15, 0.2) is 5.82 Å². The molecule has 108 valence electrons. The molecular weight excluding hydrogens is 301 g/mol. The molecule has 0 aliphatic carbocycles. The summed E-state index contributed by atoms with van der Waals surface area (Å²) >= 11 is 5.71. The normalized spacial score (nSPS) is 10.2. The number of carbonyl (C=O) groups excluding carboxylic acids is 1.